The molecular formula is C17H14N2O6S. The summed E-state index contributed by atoms with van der Waals surface area (Å²) < 4.78 is 30.3. The second-order valence-corrected chi connectivity index (χ2v) is 6.93. The minimum Gasteiger partial charge on any atom is -0.500 e. The van der Waals surface area contributed by atoms with E-state index in [9.17, 15) is 28.9 Å². The van der Waals surface area contributed by atoms with Gasteiger partial charge in [0.15, 0.2) is 5.75 Å². The number of hydrogen-bond acceptors (Lipinski definition) is 7. The van der Waals surface area contributed by atoms with Crippen LogP contribution in [0.2, 0.25) is 0 Å². The summed E-state index contributed by atoms with van der Waals surface area (Å²) in [4.78, 5) is 9.59. The quantitative estimate of drug-likeness (QED) is 0.467. The van der Waals surface area contributed by atoms with E-state index in [1.165, 1.54) is 30.3 Å². The molecule has 0 saturated heterocycles. The van der Waals surface area contributed by atoms with Crippen molar-refractivity contribution in [3.63, 3.8) is 0 Å². The first kappa shape index (κ1) is 19.0. The predicted octanol–water partition coefficient (Wildman–Crippen LogP) is 3.04. The van der Waals surface area contributed by atoms with E-state index in [-0.39, 0.29) is 22.8 Å². The molecule has 134 valence electrons. The largest absolute Gasteiger partial charge is 0.500 e. The molecule has 0 aliphatic carbocycles. The summed E-state index contributed by atoms with van der Waals surface area (Å²) in [6.07, 6.45) is 0.997. The van der Waals surface area contributed by atoms with Gasteiger partial charge >= 0.3 is 5.69 Å². The van der Waals surface area contributed by atoms with Crippen molar-refractivity contribution >= 4 is 21.6 Å². The average Bonchev–Trinajstić information content (AvgIpc) is 2.62. The molecule has 0 spiro atoms. The topological polar surface area (TPSA) is 131 Å². The van der Waals surface area contributed by atoms with Crippen molar-refractivity contribution in [2.24, 2.45) is 0 Å². The van der Waals surface area contributed by atoms with Crippen LogP contribution in [0.3, 0.4) is 0 Å². The number of nitro benzene ring substituents is 1. The number of phenols is 1. The van der Waals surface area contributed by atoms with Gasteiger partial charge in [-0.25, -0.2) is 8.42 Å². The maximum absolute atomic E-state index is 12.6. The summed E-state index contributed by atoms with van der Waals surface area (Å²) in [5.74, 6) is -0.847. The number of benzene rings is 2. The lowest BCUT2D eigenvalue weighted by Gasteiger charge is -2.08. The number of hydrogen-bond donors (Lipinski definition) is 1. The molecule has 0 amide bonds. The highest BCUT2D eigenvalue weighted by Crippen LogP contribution is 2.38. The van der Waals surface area contributed by atoms with Crippen LogP contribution in [0.1, 0.15) is 12.5 Å². The Hall–Kier alpha value is -3.38. The summed E-state index contributed by atoms with van der Waals surface area (Å²) in [5.41, 5.74) is -0.620. The van der Waals surface area contributed by atoms with Gasteiger partial charge < -0.3 is 9.84 Å². The molecule has 0 unspecified atom stereocenters. The van der Waals surface area contributed by atoms with Gasteiger partial charge in [-0.15, -0.1) is 0 Å². The van der Waals surface area contributed by atoms with Crippen LogP contribution in [0.5, 0.6) is 11.5 Å². The van der Waals surface area contributed by atoms with Crippen LogP contribution >= 0.6 is 0 Å². The number of aromatic hydroxyl groups is 1. The molecule has 2 aromatic carbocycles. The van der Waals surface area contributed by atoms with Crippen LogP contribution in [0.4, 0.5) is 5.69 Å². The maximum atomic E-state index is 12.6. The second-order valence-electron chi connectivity index (χ2n) is 5.01. The van der Waals surface area contributed by atoms with E-state index in [4.69, 9.17) is 4.74 Å². The number of ether oxygens (including phenoxy) is 1. The molecule has 0 radical (unpaired) electrons. The van der Waals surface area contributed by atoms with Gasteiger partial charge in [-0.05, 0) is 36.8 Å². The van der Waals surface area contributed by atoms with Crippen LogP contribution in [0, 0.1) is 21.4 Å². The van der Waals surface area contributed by atoms with Crippen molar-refractivity contribution in [2.45, 2.75) is 11.8 Å². The molecule has 0 heterocycles. The smallest absolute Gasteiger partial charge is 0.315 e. The Morgan fingerprint density at radius 2 is 2.00 bits per heavy atom. The summed E-state index contributed by atoms with van der Waals surface area (Å²) in [5, 5.41) is 30.2. The Morgan fingerprint density at radius 1 is 1.35 bits per heavy atom. The molecule has 0 aliphatic rings. The highest BCUT2D eigenvalue weighted by Gasteiger charge is 2.23. The minimum absolute atomic E-state index is 0.0361. The van der Waals surface area contributed by atoms with E-state index in [0.717, 1.165) is 12.1 Å². The van der Waals surface area contributed by atoms with E-state index in [1.807, 2.05) is 0 Å². The average molecular weight is 374 g/mol. The number of nitro groups is 1. The van der Waals surface area contributed by atoms with Gasteiger partial charge in [0, 0.05) is 6.07 Å². The highest BCUT2D eigenvalue weighted by molar-refractivity contribution is 7.95. The predicted molar refractivity (Wildman–Crippen MR) is 93.1 cm³/mol. The fourth-order valence-corrected chi connectivity index (χ4v) is 3.33. The highest BCUT2D eigenvalue weighted by atomic mass is 32.2. The van der Waals surface area contributed by atoms with Crippen molar-refractivity contribution in [2.75, 3.05) is 6.61 Å². The van der Waals surface area contributed by atoms with Crippen LogP contribution in [0.25, 0.3) is 6.08 Å². The molecule has 0 aromatic heterocycles. The molecule has 2 aromatic rings. The fraction of sp³-hybridized carbons (Fsp3) is 0.118. The zero-order valence-corrected chi connectivity index (χ0v) is 14.4. The van der Waals surface area contributed by atoms with Gasteiger partial charge in [-0.1, -0.05) is 18.2 Å². The number of nitriles is 1. The number of sulfone groups is 1. The van der Waals surface area contributed by atoms with Crippen LogP contribution in [-0.2, 0) is 9.84 Å². The van der Waals surface area contributed by atoms with E-state index < -0.39 is 31.1 Å². The molecule has 8 nitrogen and oxygen atoms in total. The van der Waals surface area contributed by atoms with Crippen LogP contribution in [-0.4, -0.2) is 25.1 Å². The normalized spacial score (nSPS) is 11.6. The van der Waals surface area contributed by atoms with Crippen molar-refractivity contribution in [3.8, 4) is 17.6 Å². The third-order valence-corrected chi connectivity index (χ3v) is 5.01. The lowest BCUT2D eigenvalue weighted by molar-refractivity contribution is -0.386. The number of phenolic OH excluding ortho intramolecular Hbond substituents is 1. The van der Waals surface area contributed by atoms with E-state index in [0.29, 0.717) is 0 Å². The molecule has 0 fully saturated rings. The minimum atomic E-state index is -4.09. The molecule has 0 aliphatic heterocycles. The van der Waals surface area contributed by atoms with Crippen LogP contribution in [0.15, 0.2) is 52.3 Å². The lowest BCUT2D eigenvalue weighted by Crippen LogP contribution is -2.03. The number of nitrogens with zero attached hydrogens (tertiary/aromatic N) is 2. The Balaban J connectivity index is 2.63. The third kappa shape index (κ3) is 3.81. The first-order valence-electron chi connectivity index (χ1n) is 7.37. The molecule has 2 rings (SSSR count). The Bertz CT molecular complexity index is 1010. The molecule has 0 bridgehead atoms. The van der Waals surface area contributed by atoms with Gasteiger partial charge in [0.2, 0.25) is 15.6 Å². The zero-order chi connectivity index (χ0) is 19.3. The Morgan fingerprint density at radius 3 is 2.54 bits per heavy atom. The standard InChI is InChI=1S/C17H14N2O6S/c1-2-25-16-10-12(9-15(17(16)20)19(21)22)8-14(11-18)26(23,24)13-6-4-3-5-7-13/h3-10,20H,2H2,1H3. The van der Waals surface area contributed by atoms with Gasteiger partial charge in [-0.2, -0.15) is 5.26 Å². The first-order chi connectivity index (χ1) is 12.3. The van der Waals surface area contributed by atoms with Gasteiger partial charge in [0.1, 0.15) is 11.0 Å². The van der Waals surface area contributed by atoms with Gasteiger partial charge in [0.25, 0.3) is 0 Å². The number of allylic oxidation sites excluding steroid dienone is 1. The third-order valence-electron chi connectivity index (χ3n) is 3.32. The number of rotatable bonds is 6. The summed E-state index contributed by atoms with van der Waals surface area (Å²) in [6, 6.07) is 11.1. The molecule has 26 heavy (non-hydrogen) atoms. The Labute approximate surface area is 149 Å². The maximum Gasteiger partial charge on any atom is 0.315 e. The van der Waals surface area contributed by atoms with Crippen molar-refractivity contribution in [3.05, 3.63) is 63.0 Å². The monoisotopic (exact) mass is 374 g/mol. The Kier molecular flexibility index (Phi) is 5.59. The second kappa shape index (κ2) is 7.67. The zero-order valence-electron chi connectivity index (χ0n) is 13.6. The van der Waals surface area contributed by atoms with Crippen molar-refractivity contribution < 1.29 is 23.2 Å². The fourth-order valence-electron chi connectivity index (χ4n) is 2.15. The molecular weight excluding hydrogens is 360 g/mol. The van der Waals surface area contributed by atoms with Crippen molar-refractivity contribution in [1.82, 2.24) is 0 Å². The summed E-state index contributed by atoms with van der Waals surface area (Å²) in [6.45, 7) is 1.75. The lowest BCUT2D eigenvalue weighted by atomic mass is 10.1. The van der Waals surface area contributed by atoms with Crippen LogP contribution < -0.4 is 4.74 Å². The first-order valence-corrected chi connectivity index (χ1v) is 8.85. The summed E-state index contributed by atoms with van der Waals surface area (Å²) in [7, 11) is -4.09. The van der Waals surface area contributed by atoms with Gasteiger partial charge in [0.05, 0.1) is 16.4 Å². The molecule has 0 atom stereocenters. The van der Waals surface area contributed by atoms with Crippen molar-refractivity contribution in [1.29, 1.82) is 5.26 Å². The van der Waals surface area contributed by atoms with E-state index in [1.54, 1.807) is 19.1 Å². The molecule has 1 N–H and O–H groups in total. The SMILES string of the molecule is CCOc1cc(C=C(C#N)S(=O)(=O)c2ccccc2)cc([N+](=O)[O-])c1O. The van der Waals surface area contributed by atoms with E-state index >= 15 is 0 Å². The molecule has 9 heteroatoms. The summed E-state index contributed by atoms with van der Waals surface area (Å²) >= 11 is 0. The molecule has 0 saturated carbocycles. The van der Waals surface area contributed by atoms with E-state index in [2.05, 4.69) is 0 Å². The van der Waals surface area contributed by atoms with Gasteiger partial charge in [-0.3, -0.25) is 10.1 Å².